The summed E-state index contributed by atoms with van der Waals surface area (Å²) in [5, 5.41) is 25.3. The van der Waals surface area contributed by atoms with Crippen LogP contribution in [0.15, 0.2) is 0 Å². The Bertz CT molecular complexity index is 711. The van der Waals surface area contributed by atoms with Crippen LogP contribution in [0.3, 0.4) is 0 Å². The molecule has 0 spiro atoms. The Morgan fingerprint density at radius 2 is 1.23 bits per heavy atom. The van der Waals surface area contributed by atoms with Crippen LogP contribution >= 0.6 is 0 Å². The van der Waals surface area contributed by atoms with E-state index in [9.17, 15) is 33.9 Å². The molecule has 0 radical (unpaired) electrons. The maximum Gasteiger partial charge on any atom is 0.326 e. The maximum atomic E-state index is 12.6. The molecule has 0 saturated heterocycles. The number of nitrogens with two attached hydrogens (primary N) is 3. The van der Waals surface area contributed by atoms with Gasteiger partial charge in [-0.05, 0) is 12.8 Å². The van der Waals surface area contributed by atoms with E-state index in [1.54, 1.807) is 13.8 Å². The highest BCUT2D eigenvalue weighted by atomic mass is 16.4. The lowest BCUT2D eigenvalue weighted by atomic mass is 10.0. The molecule has 176 valence electrons. The number of nitrogens with one attached hydrogen (secondary N) is 3. The molecule has 0 aromatic rings. The highest BCUT2D eigenvalue weighted by Crippen LogP contribution is 2.03. The van der Waals surface area contributed by atoms with Gasteiger partial charge >= 0.3 is 5.97 Å². The first-order valence-electron chi connectivity index (χ1n) is 9.31. The van der Waals surface area contributed by atoms with Gasteiger partial charge in [0.25, 0.3) is 0 Å². The summed E-state index contributed by atoms with van der Waals surface area (Å²) in [5.74, 6) is -6.81. The summed E-state index contributed by atoms with van der Waals surface area (Å²) in [6.45, 7) is 4.53. The molecule has 14 nitrogen and oxygen atoms in total. The van der Waals surface area contributed by atoms with Crippen LogP contribution in [0.2, 0.25) is 0 Å². The molecule has 0 heterocycles. The molecule has 31 heavy (non-hydrogen) atoms. The Balaban J connectivity index is 5.49. The van der Waals surface area contributed by atoms with E-state index in [0.717, 1.165) is 0 Å². The molecule has 5 atom stereocenters. The van der Waals surface area contributed by atoms with Crippen LogP contribution < -0.4 is 33.2 Å². The molecule has 0 aliphatic heterocycles. The number of carboxylic acid groups (broad SMARTS) is 1. The van der Waals surface area contributed by atoms with Gasteiger partial charge in [-0.1, -0.05) is 13.8 Å². The van der Waals surface area contributed by atoms with Crippen LogP contribution in [0.1, 0.15) is 33.6 Å². The van der Waals surface area contributed by atoms with Crippen molar-refractivity contribution in [3.05, 3.63) is 0 Å². The molecular weight excluding hydrogens is 416 g/mol. The molecule has 0 aromatic carbocycles. The van der Waals surface area contributed by atoms with Crippen LogP contribution in [0.25, 0.3) is 0 Å². The van der Waals surface area contributed by atoms with Gasteiger partial charge in [0.1, 0.15) is 18.1 Å². The van der Waals surface area contributed by atoms with Crippen LogP contribution in [-0.4, -0.2) is 76.0 Å². The number of hydrogen-bond acceptors (Lipinski definition) is 8. The number of aliphatic carboxylic acids is 1. The number of aliphatic hydroxyl groups is 1. The fourth-order valence-corrected chi connectivity index (χ4v) is 2.30. The second-order valence-corrected chi connectivity index (χ2v) is 7.30. The number of carboxylic acids is 1. The Morgan fingerprint density at radius 1 is 0.774 bits per heavy atom. The van der Waals surface area contributed by atoms with Gasteiger partial charge < -0.3 is 43.4 Å². The van der Waals surface area contributed by atoms with Gasteiger partial charge in [0, 0.05) is 0 Å². The fraction of sp³-hybridized carbons (Fsp3) is 0.647. The molecule has 5 unspecified atom stereocenters. The third-order valence-corrected chi connectivity index (χ3v) is 4.14. The van der Waals surface area contributed by atoms with Crippen molar-refractivity contribution >= 4 is 35.5 Å². The SMILES string of the molecule is CC(C)C(N)C(=O)NC(C(=O)NC(CC(N)=O)C(=O)NC(CC(N)=O)C(=O)O)C(C)O. The Labute approximate surface area is 178 Å². The zero-order valence-electron chi connectivity index (χ0n) is 17.5. The summed E-state index contributed by atoms with van der Waals surface area (Å²) in [6.07, 6.45) is -2.88. The Morgan fingerprint density at radius 3 is 1.61 bits per heavy atom. The van der Waals surface area contributed by atoms with Gasteiger partial charge in [0.15, 0.2) is 0 Å². The molecule has 0 saturated carbocycles. The lowest BCUT2D eigenvalue weighted by molar-refractivity contribution is -0.144. The third-order valence-electron chi connectivity index (χ3n) is 4.14. The first kappa shape index (κ1) is 27.7. The second-order valence-electron chi connectivity index (χ2n) is 7.30. The van der Waals surface area contributed by atoms with Crippen molar-refractivity contribution in [1.82, 2.24) is 16.0 Å². The highest BCUT2D eigenvalue weighted by Gasteiger charge is 2.33. The average molecular weight is 446 g/mol. The van der Waals surface area contributed by atoms with E-state index in [1.807, 2.05) is 5.32 Å². The molecule has 0 aliphatic carbocycles. The van der Waals surface area contributed by atoms with E-state index in [4.69, 9.17) is 22.3 Å². The molecule has 0 aliphatic rings. The zero-order valence-corrected chi connectivity index (χ0v) is 17.5. The van der Waals surface area contributed by atoms with Gasteiger partial charge in [0.05, 0.1) is 25.0 Å². The van der Waals surface area contributed by atoms with Crippen molar-refractivity contribution in [3.8, 4) is 0 Å². The van der Waals surface area contributed by atoms with Crippen LogP contribution in [0, 0.1) is 5.92 Å². The second kappa shape index (κ2) is 12.4. The van der Waals surface area contributed by atoms with Crippen molar-refractivity contribution in [2.75, 3.05) is 0 Å². The molecule has 0 aromatic heterocycles. The standard InChI is InChI=1S/C17H30N6O8/c1-6(2)12(20)15(28)23-13(7(3)24)16(29)21-8(4-10(18)25)14(27)22-9(17(30)31)5-11(19)26/h6-9,12-13,24H,4-5,20H2,1-3H3,(H2,18,25)(H2,19,26)(H,21,29)(H,22,27)(H,23,28)(H,30,31). The normalized spacial score (nSPS) is 15.7. The topological polar surface area (TPSA) is 257 Å². The smallest absolute Gasteiger partial charge is 0.326 e. The van der Waals surface area contributed by atoms with Crippen molar-refractivity contribution in [1.29, 1.82) is 0 Å². The quantitative estimate of drug-likeness (QED) is 0.136. The van der Waals surface area contributed by atoms with Crippen molar-refractivity contribution in [3.63, 3.8) is 0 Å². The summed E-state index contributed by atoms with van der Waals surface area (Å²) in [6, 6.07) is -5.89. The lowest BCUT2D eigenvalue weighted by Gasteiger charge is -2.26. The maximum absolute atomic E-state index is 12.6. The Hall–Kier alpha value is -3.26. The molecule has 14 heteroatoms. The van der Waals surface area contributed by atoms with E-state index in [-0.39, 0.29) is 5.92 Å². The van der Waals surface area contributed by atoms with Gasteiger partial charge in [-0.2, -0.15) is 0 Å². The molecule has 5 amide bonds. The molecule has 11 N–H and O–H groups in total. The van der Waals surface area contributed by atoms with Gasteiger partial charge in [-0.15, -0.1) is 0 Å². The van der Waals surface area contributed by atoms with Gasteiger partial charge in [-0.3, -0.25) is 24.0 Å². The predicted molar refractivity (Wildman–Crippen MR) is 106 cm³/mol. The fourth-order valence-electron chi connectivity index (χ4n) is 2.30. The monoisotopic (exact) mass is 446 g/mol. The number of amides is 5. The number of hydrogen-bond donors (Lipinski definition) is 8. The summed E-state index contributed by atoms with van der Waals surface area (Å²) in [5.41, 5.74) is 15.7. The summed E-state index contributed by atoms with van der Waals surface area (Å²) < 4.78 is 0. The van der Waals surface area contributed by atoms with Crippen molar-refractivity contribution in [2.45, 2.75) is 63.9 Å². The third kappa shape index (κ3) is 9.86. The summed E-state index contributed by atoms with van der Waals surface area (Å²) >= 11 is 0. The van der Waals surface area contributed by atoms with Crippen LogP contribution in [-0.2, 0) is 28.8 Å². The number of carbonyl (C=O) groups excluding carboxylic acids is 5. The zero-order chi connectivity index (χ0) is 24.5. The molecule has 0 fully saturated rings. The molecular formula is C17H30N6O8. The van der Waals surface area contributed by atoms with E-state index in [0.29, 0.717) is 0 Å². The van der Waals surface area contributed by atoms with Crippen LogP contribution in [0.4, 0.5) is 0 Å². The number of primary amides is 2. The molecule has 0 rings (SSSR count). The summed E-state index contributed by atoms with van der Waals surface area (Å²) in [4.78, 5) is 70.6. The van der Waals surface area contributed by atoms with Crippen molar-refractivity contribution in [2.24, 2.45) is 23.1 Å². The first-order valence-corrected chi connectivity index (χ1v) is 9.31. The van der Waals surface area contributed by atoms with E-state index >= 15 is 0 Å². The van der Waals surface area contributed by atoms with E-state index in [2.05, 4.69) is 10.6 Å². The van der Waals surface area contributed by atoms with E-state index in [1.165, 1.54) is 6.92 Å². The minimum absolute atomic E-state index is 0.274. The largest absolute Gasteiger partial charge is 0.480 e. The predicted octanol–water partition coefficient (Wildman–Crippen LogP) is -4.36. The van der Waals surface area contributed by atoms with Gasteiger partial charge in [-0.25, -0.2) is 4.79 Å². The van der Waals surface area contributed by atoms with E-state index < -0.39 is 78.6 Å². The number of aliphatic hydroxyl groups excluding tert-OH is 1. The lowest BCUT2D eigenvalue weighted by Crippen LogP contribution is -2.60. The van der Waals surface area contributed by atoms with Gasteiger partial charge in [0.2, 0.25) is 29.5 Å². The summed E-state index contributed by atoms with van der Waals surface area (Å²) in [7, 11) is 0. The highest BCUT2D eigenvalue weighted by molar-refractivity contribution is 5.97. The number of carbonyl (C=O) groups is 6. The van der Waals surface area contributed by atoms with Crippen LogP contribution in [0.5, 0.6) is 0 Å². The minimum Gasteiger partial charge on any atom is -0.480 e. The first-order chi connectivity index (χ1) is 14.2. The average Bonchev–Trinajstić information content (AvgIpc) is 2.62. The number of rotatable bonds is 13. The molecule has 0 bridgehead atoms. The Kier molecular flexibility index (Phi) is 11.1. The minimum atomic E-state index is -1.71. The van der Waals surface area contributed by atoms with Crippen molar-refractivity contribution < 1.29 is 39.0 Å².